The van der Waals surface area contributed by atoms with Crippen molar-refractivity contribution in [3.8, 4) is 0 Å². The van der Waals surface area contributed by atoms with Gasteiger partial charge in [0.15, 0.2) is 0 Å². The summed E-state index contributed by atoms with van der Waals surface area (Å²) in [6.45, 7) is 8.70. The molecule has 0 heterocycles. The minimum absolute atomic E-state index is 0.364. The van der Waals surface area contributed by atoms with Gasteiger partial charge in [-0.3, -0.25) is 9.11 Å². The van der Waals surface area contributed by atoms with Crippen LogP contribution < -0.4 is 11.5 Å². The van der Waals surface area contributed by atoms with Crippen LogP contribution in [0.3, 0.4) is 0 Å². The molecule has 6 N–H and O–H groups in total. The Balaban J connectivity index is -0.000000308. The molecule has 0 saturated heterocycles. The zero-order valence-electron chi connectivity index (χ0n) is 14.1. The second-order valence-corrected chi connectivity index (χ2v) is 5.08. The number of hydrogen-bond acceptors (Lipinski definition) is 8. The van der Waals surface area contributed by atoms with E-state index in [1.807, 2.05) is 0 Å². The van der Waals surface area contributed by atoms with E-state index in [0.717, 1.165) is 37.8 Å². The maximum atomic E-state index is 10.4. The first-order chi connectivity index (χ1) is 11.6. The van der Waals surface area contributed by atoms with Crippen molar-refractivity contribution in [1.82, 2.24) is 0 Å². The normalized spacial score (nSPS) is 9.44. The molecule has 0 unspecified atom stereocenters. The third-order valence-electron chi connectivity index (χ3n) is 2.02. The van der Waals surface area contributed by atoms with Crippen LogP contribution in [0.2, 0.25) is 0 Å². The Morgan fingerprint density at radius 1 is 0.840 bits per heavy atom. The summed E-state index contributed by atoms with van der Waals surface area (Å²) in [5, 5.41) is 0. The summed E-state index contributed by atoms with van der Waals surface area (Å²) in [5.41, 5.74) is 10.4. The minimum atomic E-state index is -4.67. The third kappa shape index (κ3) is 44.9. The molecule has 148 valence electrons. The van der Waals surface area contributed by atoms with Crippen molar-refractivity contribution in [3.05, 3.63) is 25.3 Å². The summed E-state index contributed by atoms with van der Waals surface area (Å²) in [7, 11) is -4.67. The second-order valence-electron chi connectivity index (χ2n) is 4.18. The van der Waals surface area contributed by atoms with Gasteiger partial charge in [-0.25, -0.2) is 9.59 Å². The van der Waals surface area contributed by atoms with Gasteiger partial charge in [0, 0.05) is 12.2 Å². The lowest BCUT2D eigenvalue weighted by molar-refractivity contribution is -0.138. The smallest absolute Gasteiger partial charge is 0.394 e. The topological polar surface area (TPSA) is 179 Å². The zero-order chi connectivity index (χ0) is 20.1. The fourth-order valence-electron chi connectivity index (χ4n) is 0.956. The molecule has 0 aromatic carbocycles. The highest BCUT2D eigenvalue weighted by Gasteiger charge is 1.93. The molecule has 0 radical (unpaired) electrons. The van der Waals surface area contributed by atoms with Gasteiger partial charge in [0.05, 0.1) is 13.2 Å². The summed E-state index contributed by atoms with van der Waals surface area (Å²) in [5.74, 6) is -0.728. The highest BCUT2D eigenvalue weighted by atomic mass is 32.3. The SMILES string of the molecule is C=CC(=O)OCCCCN.C=CC(=O)OCCCCN.O=S(=O)(O)O. The van der Waals surface area contributed by atoms with Gasteiger partial charge in [-0.1, -0.05) is 13.2 Å². The van der Waals surface area contributed by atoms with E-state index in [0.29, 0.717) is 26.3 Å². The first-order valence-electron chi connectivity index (χ1n) is 7.30. The standard InChI is InChI=1S/2C7H13NO2.H2O4S/c2*1-2-7(9)10-6-4-3-5-8;1-5(2,3)4/h2*2H,1,3-6,8H2;(H2,1,2,3,4). The van der Waals surface area contributed by atoms with Crippen LogP contribution in [0.4, 0.5) is 0 Å². The minimum Gasteiger partial charge on any atom is -0.463 e. The third-order valence-corrected chi connectivity index (χ3v) is 2.02. The second kappa shape index (κ2) is 20.3. The van der Waals surface area contributed by atoms with Gasteiger partial charge in [-0.15, -0.1) is 0 Å². The Kier molecular flexibility index (Phi) is 22.7. The molecule has 0 saturated carbocycles. The van der Waals surface area contributed by atoms with Gasteiger partial charge < -0.3 is 20.9 Å². The molecular weight excluding hydrogens is 356 g/mol. The fourth-order valence-corrected chi connectivity index (χ4v) is 0.956. The van der Waals surface area contributed by atoms with E-state index in [4.69, 9.17) is 29.0 Å². The van der Waals surface area contributed by atoms with Crippen molar-refractivity contribution in [2.75, 3.05) is 26.3 Å². The number of esters is 2. The molecular formula is C14H28N2O8S. The van der Waals surface area contributed by atoms with Crippen molar-refractivity contribution < 1.29 is 36.6 Å². The number of hydrogen-bond donors (Lipinski definition) is 4. The number of ether oxygens (including phenoxy) is 2. The van der Waals surface area contributed by atoms with Crippen molar-refractivity contribution in [2.45, 2.75) is 25.7 Å². The number of rotatable bonds is 10. The molecule has 11 heteroatoms. The molecule has 25 heavy (non-hydrogen) atoms. The Bertz CT molecular complexity index is 429. The molecule has 0 bridgehead atoms. The number of unbranched alkanes of at least 4 members (excludes halogenated alkanes) is 2. The molecule has 0 amide bonds. The Hall–Kier alpha value is -1.79. The molecule has 0 atom stereocenters. The average Bonchev–Trinajstić information content (AvgIpc) is 2.54. The van der Waals surface area contributed by atoms with Crippen molar-refractivity contribution in [1.29, 1.82) is 0 Å². The monoisotopic (exact) mass is 384 g/mol. The van der Waals surface area contributed by atoms with Crippen LogP contribution in [0, 0.1) is 0 Å². The Morgan fingerprint density at radius 3 is 1.32 bits per heavy atom. The van der Waals surface area contributed by atoms with Crippen LogP contribution in [0.1, 0.15) is 25.7 Å². The first-order valence-corrected chi connectivity index (χ1v) is 8.70. The van der Waals surface area contributed by atoms with Crippen LogP contribution in [-0.4, -0.2) is 55.8 Å². The highest BCUT2D eigenvalue weighted by molar-refractivity contribution is 7.79. The van der Waals surface area contributed by atoms with E-state index in [1.54, 1.807) is 0 Å². The van der Waals surface area contributed by atoms with Crippen LogP contribution in [0.25, 0.3) is 0 Å². The highest BCUT2D eigenvalue weighted by Crippen LogP contribution is 1.88. The van der Waals surface area contributed by atoms with Gasteiger partial charge in [0.25, 0.3) is 0 Å². The molecule has 0 aliphatic rings. The number of carbonyl (C=O) groups excluding carboxylic acids is 2. The van der Waals surface area contributed by atoms with Gasteiger partial charge in [-0.05, 0) is 38.8 Å². The van der Waals surface area contributed by atoms with Crippen LogP contribution in [-0.2, 0) is 29.5 Å². The summed E-state index contributed by atoms with van der Waals surface area (Å²) >= 11 is 0. The largest absolute Gasteiger partial charge is 0.463 e. The van der Waals surface area contributed by atoms with Gasteiger partial charge in [0.1, 0.15) is 0 Å². The predicted octanol–water partition coefficient (Wildman–Crippen LogP) is 0.256. The molecule has 0 rings (SSSR count). The molecule has 10 nitrogen and oxygen atoms in total. The van der Waals surface area contributed by atoms with E-state index in [1.165, 1.54) is 0 Å². The maximum Gasteiger partial charge on any atom is 0.394 e. The van der Waals surface area contributed by atoms with Crippen molar-refractivity contribution in [2.24, 2.45) is 11.5 Å². The maximum absolute atomic E-state index is 10.4. The van der Waals surface area contributed by atoms with Crippen LogP contribution in [0.5, 0.6) is 0 Å². The number of carbonyl (C=O) groups is 2. The van der Waals surface area contributed by atoms with Crippen molar-refractivity contribution in [3.63, 3.8) is 0 Å². The lowest BCUT2D eigenvalue weighted by atomic mass is 10.3. The molecule has 0 aliphatic heterocycles. The van der Waals surface area contributed by atoms with E-state index in [2.05, 4.69) is 22.6 Å². The molecule has 0 aliphatic carbocycles. The van der Waals surface area contributed by atoms with Crippen LogP contribution in [0.15, 0.2) is 25.3 Å². The Labute approximate surface area is 148 Å². The lowest BCUT2D eigenvalue weighted by Crippen LogP contribution is -2.04. The number of nitrogens with two attached hydrogens (primary N) is 2. The van der Waals surface area contributed by atoms with Gasteiger partial charge in [-0.2, -0.15) is 8.42 Å². The molecule has 0 aromatic heterocycles. The summed E-state index contributed by atoms with van der Waals surface area (Å²) in [6.07, 6.45) is 5.76. The van der Waals surface area contributed by atoms with Gasteiger partial charge in [0.2, 0.25) is 0 Å². The summed E-state index contributed by atoms with van der Waals surface area (Å²) < 4.78 is 40.9. The van der Waals surface area contributed by atoms with E-state index in [9.17, 15) is 9.59 Å². The molecule has 0 fully saturated rings. The van der Waals surface area contributed by atoms with E-state index in [-0.39, 0.29) is 11.9 Å². The van der Waals surface area contributed by atoms with Gasteiger partial charge >= 0.3 is 22.3 Å². The van der Waals surface area contributed by atoms with E-state index < -0.39 is 10.4 Å². The fraction of sp³-hybridized carbons (Fsp3) is 0.571. The lowest BCUT2D eigenvalue weighted by Gasteiger charge is -1.98. The first kappa shape index (κ1) is 28.0. The quantitative estimate of drug-likeness (QED) is 0.176. The predicted molar refractivity (Wildman–Crippen MR) is 93.1 cm³/mol. The zero-order valence-corrected chi connectivity index (χ0v) is 14.9. The van der Waals surface area contributed by atoms with E-state index >= 15 is 0 Å². The Morgan fingerprint density at radius 2 is 1.12 bits per heavy atom. The average molecular weight is 384 g/mol. The van der Waals surface area contributed by atoms with Crippen molar-refractivity contribution >= 4 is 22.3 Å². The molecule has 0 spiro atoms. The van der Waals surface area contributed by atoms with Crippen LogP contribution >= 0.6 is 0 Å². The molecule has 0 aromatic rings. The summed E-state index contributed by atoms with van der Waals surface area (Å²) in [6, 6.07) is 0. The summed E-state index contributed by atoms with van der Waals surface area (Å²) in [4.78, 5) is 20.8.